The Bertz CT molecular complexity index is 838. The van der Waals surface area contributed by atoms with Crippen LogP contribution in [-0.4, -0.2) is 59.6 Å². The Labute approximate surface area is 174 Å². The number of likely N-dealkylation sites (tertiary alicyclic amines) is 1. The predicted octanol–water partition coefficient (Wildman–Crippen LogP) is 2.96. The van der Waals surface area contributed by atoms with E-state index in [9.17, 15) is 31.5 Å². The van der Waals surface area contributed by atoms with Gasteiger partial charge in [-0.05, 0) is 25.5 Å². The highest BCUT2D eigenvalue weighted by molar-refractivity contribution is 6.31. The van der Waals surface area contributed by atoms with Crippen molar-refractivity contribution in [2.75, 3.05) is 19.6 Å². The van der Waals surface area contributed by atoms with Gasteiger partial charge in [0.05, 0.1) is 19.1 Å². The third-order valence-electron chi connectivity index (χ3n) is 5.41. The van der Waals surface area contributed by atoms with Crippen molar-refractivity contribution in [3.8, 4) is 0 Å². The summed E-state index contributed by atoms with van der Waals surface area (Å²) in [7, 11) is 0. The summed E-state index contributed by atoms with van der Waals surface area (Å²) in [6.45, 7) is -1.42. The first-order valence-electron chi connectivity index (χ1n) is 9.30. The van der Waals surface area contributed by atoms with E-state index in [2.05, 4.69) is 5.32 Å². The molecule has 1 unspecified atom stereocenters. The number of alkyl halides is 3. The number of hydrogen-bond acceptors (Lipinski definition) is 3. The fraction of sp³-hybridized carbons (Fsp3) is 0.556. The third-order valence-corrected chi connectivity index (χ3v) is 5.76. The van der Waals surface area contributed by atoms with Gasteiger partial charge < -0.3 is 16.0 Å². The van der Waals surface area contributed by atoms with Crippen LogP contribution in [0.2, 0.25) is 5.02 Å². The number of piperidine rings is 1. The molecule has 3 amide bonds. The predicted molar refractivity (Wildman–Crippen MR) is 97.6 cm³/mol. The van der Waals surface area contributed by atoms with Crippen LogP contribution in [0.5, 0.6) is 0 Å². The summed E-state index contributed by atoms with van der Waals surface area (Å²) >= 11 is 5.69. The van der Waals surface area contributed by atoms with Gasteiger partial charge in [0.1, 0.15) is 22.7 Å². The molecule has 12 heteroatoms. The highest BCUT2D eigenvalue weighted by Gasteiger charge is 2.46. The van der Waals surface area contributed by atoms with Crippen molar-refractivity contribution in [3.63, 3.8) is 0 Å². The van der Waals surface area contributed by atoms with Crippen LogP contribution < -0.4 is 11.1 Å². The van der Waals surface area contributed by atoms with E-state index in [0.717, 1.165) is 21.9 Å². The number of halogens is 6. The number of nitrogens with one attached hydrogen (secondary N) is 1. The number of amides is 3. The summed E-state index contributed by atoms with van der Waals surface area (Å²) in [6.07, 6.45) is -3.22. The minimum absolute atomic E-state index is 0.0892. The SMILES string of the molecule is NC(=O)C1CN([C@H](c2ccc(F)c(Cl)c2F)[C@@H]2CCCCN2CC(F)(F)F)C(=O)N1. The average molecular weight is 455 g/mol. The van der Waals surface area contributed by atoms with Crippen molar-refractivity contribution in [1.82, 2.24) is 15.1 Å². The lowest BCUT2D eigenvalue weighted by molar-refractivity contribution is -0.156. The number of carbonyl (C=O) groups is 2. The van der Waals surface area contributed by atoms with Gasteiger partial charge in [0.25, 0.3) is 0 Å². The first kappa shape index (κ1) is 22.5. The quantitative estimate of drug-likeness (QED) is 0.530. The van der Waals surface area contributed by atoms with Gasteiger partial charge in [0.2, 0.25) is 5.91 Å². The zero-order valence-electron chi connectivity index (χ0n) is 15.7. The van der Waals surface area contributed by atoms with Crippen LogP contribution in [0.1, 0.15) is 30.9 Å². The average Bonchev–Trinajstić information content (AvgIpc) is 3.04. The van der Waals surface area contributed by atoms with Crippen LogP contribution in [0.25, 0.3) is 0 Å². The molecular weight excluding hydrogens is 435 g/mol. The Kier molecular flexibility index (Phi) is 6.42. The Morgan fingerprint density at radius 2 is 2.00 bits per heavy atom. The number of benzene rings is 1. The molecule has 0 aliphatic carbocycles. The molecule has 0 bridgehead atoms. The smallest absolute Gasteiger partial charge is 0.368 e. The van der Waals surface area contributed by atoms with Crippen LogP contribution in [0, 0.1) is 11.6 Å². The van der Waals surface area contributed by atoms with E-state index in [1.807, 2.05) is 0 Å². The van der Waals surface area contributed by atoms with Crippen LogP contribution in [0.15, 0.2) is 12.1 Å². The molecule has 3 rings (SSSR count). The van der Waals surface area contributed by atoms with Crippen molar-refractivity contribution in [2.45, 2.75) is 43.6 Å². The minimum atomic E-state index is -4.51. The van der Waals surface area contributed by atoms with E-state index in [1.54, 1.807) is 0 Å². The fourth-order valence-electron chi connectivity index (χ4n) is 4.11. The summed E-state index contributed by atoms with van der Waals surface area (Å²) < 4.78 is 68.1. The van der Waals surface area contributed by atoms with Crippen LogP contribution in [0.4, 0.5) is 26.7 Å². The van der Waals surface area contributed by atoms with E-state index in [4.69, 9.17) is 17.3 Å². The molecule has 6 nitrogen and oxygen atoms in total. The van der Waals surface area contributed by atoms with Gasteiger partial charge in [-0.1, -0.05) is 24.1 Å². The Morgan fingerprint density at radius 3 is 2.60 bits per heavy atom. The number of rotatable bonds is 5. The van der Waals surface area contributed by atoms with E-state index in [1.165, 1.54) is 0 Å². The highest BCUT2D eigenvalue weighted by Crippen LogP contribution is 2.39. The van der Waals surface area contributed by atoms with Gasteiger partial charge in [-0.25, -0.2) is 13.6 Å². The topological polar surface area (TPSA) is 78.7 Å². The molecule has 1 aromatic carbocycles. The van der Waals surface area contributed by atoms with Crippen molar-refractivity contribution in [1.29, 1.82) is 0 Å². The van der Waals surface area contributed by atoms with Gasteiger partial charge in [-0.15, -0.1) is 0 Å². The lowest BCUT2D eigenvalue weighted by atomic mass is 9.89. The second-order valence-electron chi connectivity index (χ2n) is 7.42. The number of urea groups is 1. The third kappa shape index (κ3) is 4.61. The molecule has 0 saturated carbocycles. The molecule has 3 N–H and O–H groups in total. The number of carbonyl (C=O) groups excluding carboxylic acids is 2. The summed E-state index contributed by atoms with van der Waals surface area (Å²) in [5.41, 5.74) is 5.02. The molecule has 2 aliphatic heterocycles. The van der Waals surface area contributed by atoms with Crippen molar-refractivity contribution < 1.29 is 31.5 Å². The number of hydrogen-bond donors (Lipinski definition) is 2. The molecule has 0 aromatic heterocycles. The monoisotopic (exact) mass is 454 g/mol. The standard InChI is InChI=1S/C18H20ClF5N4O2/c19-13-10(20)5-4-9(14(13)21)15(28-7-11(16(25)29)26-17(28)30)12-3-1-2-6-27(12)8-18(22,23)24/h4-5,11-12,15H,1-3,6-8H2,(H2,25,29)(H,26,30)/t11?,12-,15+/m0/s1. The van der Waals surface area contributed by atoms with Crippen molar-refractivity contribution in [3.05, 3.63) is 34.4 Å². The molecule has 30 heavy (non-hydrogen) atoms. The van der Waals surface area contributed by atoms with Crippen molar-refractivity contribution in [2.24, 2.45) is 5.73 Å². The van der Waals surface area contributed by atoms with Crippen LogP contribution >= 0.6 is 11.6 Å². The zero-order chi connectivity index (χ0) is 22.2. The maximum Gasteiger partial charge on any atom is 0.401 e. The summed E-state index contributed by atoms with van der Waals surface area (Å²) in [5.74, 6) is -3.03. The molecule has 2 fully saturated rings. The van der Waals surface area contributed by atoms with Gasteiger partial charge in [0.15, 0.2) is 0 Å². The molecule has 2 heterocycles. The van der Waals surface area contributed by atoms with E-state index in [-0.39, 0.29) is 25.1 Å². The number of primary amides is 1. The number of nitrogens with zero attached hydrogens (tertiary/aromatic N) is 2. The first-order chi connectivity index (χ1) is 14.0. The highest BCUT2D eigenvalue weighted by atomic mass is 35.5. The maximum absolute atomic E-state index is 14.9. The van der Waals surface area contributed by atoms with Crippen molar-refractivity contribution >= 4 is 23.5 Å². The molecule has 3 atom stereocenters. The second-order valence-corrected chi connectivity index (χ2v) is 7.79. The van der Waals surface area contributed by atoms with E-state index in [0.29, 0.717) is 12.8 Å². The minimum Gasteiger partial charge on any atom is -0.368 e. The molecule has 1 aromatic rings. The summed E-state index contributed by atoms with van der Waals surface area (Å²) in [4.78, 5) is 26.3. The molecule has 2 saturated heterocycles. The molecular formula is C18H20ClF5N4O2. The van der Waals surface area contributed by atoms with Gasteiger partial charge in [-0.3, -0.25) is 9.69 Å². The van der Waals surface area contributed by atoms with E-state index < -0.39 is 59.4 Å². The van der Waals surface area contributed by atoms with Gasteiger partial charge in [0, 0.05) is 11.6 Å². The maximum atomic E-state index is 14.9. The Hall–Kier alpha value is -2.14. The zero-order valence-corrected chi connectivity index (χ0v) is 16.4. The summed E-state index contributed by atoms with van der Waals surface area (Å²) in [5, 5.41) is 1.53. The lowest BCUT2D eigenvalue weighted by Crippen LogP contribution is -2.52. The second kappa shape index (κ2) is 8.54. The van der Waals surface area contributed by atoms with E-state index >= 15 is 0 Å². The van der Waals surface area contributed by atoms with Crippen LogP contribution in [-0.2, 0) is 4.79 Å². The molecule has 0 radical (unpaired) electrons. The molecule has 0 spiro atoms. The summed E-state index contributed by atoms with van der Waals surface area (Å²) in [6, 6.07) is -2.06. The Morgan fingerprint density at radius 1 is 1.30 bits per heavy atom. The lowest BCUT2D eigenvalue weighted by Gasteiger charge is -2.43. The Balaban J connectivity index is 2.06. The van der Waals surface area contributed by atoms with Crippen LogP contribution in [0.3, 0.4) is 0 Å². The molecule has 2 aliphatic rings. The number of nitrogens with two attached hydrogens (primary N) is 1. The first-order valence-corrected chi connectivity index (χ1v) is 9.68. The molecule has 166 valence electrons. The normalized spacial score (nSPS) is 24.1. The van der Waals surface area contributed by atoms with Gasteiger partial charge >= 0.3 is 12.2 Å². The largest absolute Gasteiger partial charge is 0.401 e. The fourth-order valence-corrected chi connectivity index (χ4v) is 4.28. The van der Waals surface area contributed by atoms with Gasteiger partial charge in [-0.2, -0.15) is 13.2 Å².